The fraction of sp³-hybridized carbons (Fsp3) is 0.545. The zero-order valence-corrected chi connectivity index (χ0v) is 28.3. The van der Waals surface area contributed by atoms with Crippen molar-refractivity contribution >= 4 is 35.8 Å². The molecule has 51 heavy (non-hydrogen) atoms. The molecule has 0 spiro atoms. The molecule has 1 saturated carbocycles. The van der Waals surface area contributed by atoms with E-state index in [1.54, 1.807) is 6.92 Å². The number of carboxylic acids is 1. The topological polar surface area (TPSA) is 202 Å². The van der Waals surface area contributed by atoms with E-state index in [1.807, 2.05) is 0 Å². The maximum atomic E-state index is 14.2. The molecule has 3 fully saturated rings. The second-order valence-corrected chi connectivity index (χ2v) is 12.4. The lowest BCUT2D eigenvalue weighted by Crippen LogP contribution is -2.55. The molecule has 2 saturated heterocycles. The van der Waals surface area contributed by atoms with Crippen LogP contribution in [0.5, 0.6) is 5.88 Å². The highest BCUT2D eigenvalue weighted by atomic mass is 19.1. The number of carbonyl (C=O) groups excluding carboxylic acids is 5. The molecule has 3 aliphatic rings. The number of hydroxylamine groups is 2. The SMILES string of the molecule is CCOC(=O)ON1CCN(C(=O)[C@H](CCC(=O)O)NC(=O)c2cc(OCC(=O)N3CCC[C@H]3C(=O)NC3CCC3)n(-c3cccc(F)c3)n2)CC1. The first-order valence-electron chi connectivity index (χ1n) is 17.0. The van der Waals surface area contributed by atoms with E-state index >= 15 is 0 Å². The van der Waals surface area contributed by atoms with Gasteiger partial charge in [-0.1, -0.05) is 6.07 Å². The van der Waals surface area contributed by atoms with Crippen LogP contribution in [0.4, 0.5) is 9.18 Å². The third kappa shape index (κ3) is 9.71. The maximum absolute atomic E-state index is 14.2. The molecule has 18 heteroatoms. The van der Waals surface area contributed by atoms with Crippen molar-refractivity contribution in [2.75, 3.05) is 45.9 Å². The standard InChI is InChI=1S/C33H42FN7O10/c1-2-49-33(48)51-39-16-14-38(15-17-39)32(47)24(11-12-29(43)44)36-30(45)25-19-28(41(37-25)23-9-3-6-21(34)18-23)50-20-27(42)40-13-5-10-26(40)31(46)35-22-7-4-8-22/h3,6,9,18-19,22,24,26H,2,4-5,7-8,10-17,20H2,1H3,(H,35,46)(H,36,45)(H,43,44)/t24-,26-/m0/s1. The number of nitrogens with one attached hydrogen (secondary N) is 2. The molecule has 2 atom stereocenters. The van der Waals surface area contributed by atoms with E-state index in [0.717, 1.165) is 30.0 Å². The number of ether oxygens (including phenoxy) is 2. The molecule has 0 unspecified atom stereocenters. The summed E-state index contributed by atoms with van der Waals surface area (Å²) in [4.78, 5) is 84.2. The van der Waals surface area contributed by atoms with Crippen molar-refractivity contribution in [3.63, 3.8) is 0 Å². The normalized spacial score (nSPS) is 18.4. The summed E-state index contributed by atoms with van der Waals surface area (Å²) in [6, 6.07) is 4.77. The van der Waals surface area contributed by atoms with Crippen molar-refractivity contribution in [3.05, 3.63) is 41.8 Å². The van der Waals surface area contributed by atoms with Crippen molar-refractivity contribution in [1.82, 2.24) is 35.3 Å². The van der Waals surface area contributed by atoms with Gasteiger partial charge in [-0.05, 0) is 63.6 Å². The van der Waals surface area contributed by atoms with Gasteiger partial charge in [0.05, 0.1) is 25.4 Å². The summed E-state index contributed by atoms with van der Waals surface area (Å²) in [6.07, 6.45) is 2.52. The first-order valence-corrected chi connectivity index (χ1v) is 17.0. The Morgan fingerprint density at radius 3 is 2.45 bits per heavy atom. The number of hydrogen-bond acceptors (Lipinski definition) is 11. The number of carbonyl (C=O) groups is 6. The minimum absolute atomic E-state index is 0.0834. The number of amides is 4. The third-order valence-corrected chi connectivity index (χ3v) is 8.90. The summed E-state index contributed by atoms with van der Waals surface area (Å²) in [6.45, 7) is 2.20. The van der Waals surface area contributed by atoms with Gasteiger partial charge in [-0.2, -0.15) is 5.10 Å². The molecule has 2 aromatic rings. The molecule has 5 rings (SSSR count). The predicted octanol–water partition coefficient (Wildman–Crippen LogP) is 1.25. The molecule has 0 bridgehead atoms. The van der Waals surface area contributed by atoms with Crippen molar-refractivity contribution < 1.29 is 52.6 Å². The average molecular weight is 716 g/mol. The zero-order chi connectivity index (χ0) is 36.5. The van der Waals surface area contributed by atoms with Crippen molar-refractivity contribution in [2.45, 2.75) is 70.0 Å². The monoisotopic (exact) mass is 715 g/mol. The highest BCUT2D eigenvalue weighted by Gasteiger charge is 2.36. The lowest BCUT2D eigenvalue weighted by Gasteiger charge is -2.35. The van der Waals surface area contributed by atoms with Crippen molar-refractivity contribution in [2.24, 2.45) is 0 Å². The Balaban J connectivity index is 1.28. The van der Waals surface area contributed by atoms with Crippen LogP contribution in [0.2, 0.25) is 0 Å². The molecule has 276 valence electrons. The van der Waals surface area contributed by atoms with E-state index in [4.69, 9.17) is 14.3 Å². The predicted molar refractivity (Wildman–Crippen MR) is 174 cm³/mol. The second-order valence-electron chi connectivity index (χ2n) is 12.4. The summed E-state index contributed by atoms with van der Waals surface area (Å²) in [5.41, 5.74) is -0.0711. The molecule has 4 amide bonds. The summed E-state index contributed by atoms with van der Waals surface area (Å²) in [5.74, 6) is -3.90. The number of benzene rings is 1. The second kappa shape index (κ2) is 17.1. The number of rotatable bonds is 14. The molecule has 0 radical (unpaired) electrons. The number of likely N-dealkylation sites (tertiary alicyclic amines) is 1. The van der Waals surface area contributed by atoms with E-state index < -0.39 is 60.8 Å². The minimum atomic E-state index is -1.26. The van der Waals surface area contributed by atoms with Crippen molar-refractivity contribution in [3.8, 4) is 11.6 Å². The van der Waals surface area contributed by atoms with Crippen LogP contribution >= 0.6 is 0 Å². The average Bonchev–Trinajstić information content (AvgIpc) is 3.76. The van der Waals surface area contributed by atoms with Gasteiger partial charge in [0, 0.05) is 38.2 Å². The van der Waals surface area contributed by atoms with Gasteiger partial charge in [-0.3, -0.25) is 24.0 Å². The molecule has 3 N–H and O–H groups in total. The van der Waals surface area contributed by atoms with Crippen LogP contribution < -0.4 is 15.4 Å². The molecular formula is C33H42FN7O10. The van der Waals surface area contributed by atoms with Crippen LogP contribution in [-0.2, 0) is 28.8 Å². The smallest absolute Gasteiger partial charge is 0.481 e. The number of nitrogens with zero attached hydrogens (tertiary/aromatic N) is 5. The molecule has 2 aliphatic heterocycles. The van der Waals surface area contributed by atoms with Crippen molar-refractivity contribution in [1.29, 1.82) is 0 Å². The third-order valence-electron chi connectivity index (χ3n) is 8.90. The quantitative estimate of drug-likeness (QED) is 0.237. The van der Waals surface area contributed by atoms with Gasteiger partial charge in [-0.15, -0.1) is 5.06 Å². The van der Waals surface area contributed by atoms with Gasteiger partial charge in [0.2, 0.25) is 17.7 Å². The number of aliphatic carboxylic acids is 1. The highest BCUT2D eigenvalue weighted by Crippen LogP contribution is 2.24. The van der Waals surface area contributed by atoms with Crippen LogP contribution in [0.15, 0.2) is 30.3 Å². The van der Waals surface area contributed by atoms with Crippen LogP contribution in [0.25, 0.3) is 5.69 Å². The molecule has 1 aromatic heterocycles. The van der Waals surface area contributed by atoms with Gasteiger partial charge in [0.1, 0.15) is 17.9 Å². The number of piperazine rings is 1. The molecular weight excluding hydrogens is 673 g/mol. The van der Waals surface area contributed by atoms with Crippen LogP contribution in [-0.4, -0.2) is 130 Å². The Labute approximate surface area is 292 Å². The van der Waals surface area contributed by atoms with Gasteiger partial charge in [0.25, 0.3) is 11.8 Å². The van der Waals surface area contributed by atoms with E-state index in [-0.39, 0.29) is 68.4 Å². The summed E-state index contributed by atoms with van der Waals surface area (Å²) >= 11 is 0. The van der Waals surface area contributed by atoms with E-state index in [0.29, 0.717) is 19.4 Å². The first kappa shape index (κ1) is 37.0. The molecule has 1 aromatic carbocycles. The number of aromatic nitrogens is 2. The fourth-order valence-corrected chi connectivity index (χ4v) is 6.00. The van der Waals surface area contributed by atoms with Gasteiger partial charge in [0.15, 0.2) is 12.3 Å². The number of halogens is 1. The Morgan fingerprint density at radius 2 is 1.78 bits per heavy atom. The van der Waals surface area contributed by atoms with E-state index in [2.05, 4.69) is 15.7 Å². The van der Waals surface area contributed by atoms with Gasteiger partial charge >= 0.3 is 12.1 Å². The molecule has 3 heterocycles. The summed E-state index contributed by atoms with van der Waals surface area (Å²) in [7, 11) is 0. The first-order chi connectivity index (χ1) is 24.5. The maximum Gasteiger partial charge on any atom is 0.527 e. The van der Waals surface area contributed by atoms with Crippen LogP contribution in [0.1, 0.15) is 62.4 Å². The zero-order valence-electron chi connectivity index (χ0n) is 28.3. The minimum Gasteiger partial charge on any atom is -0.481 e. The molecule has 17 nitrogen and oxygen atoms in total. The number of carboxylic acid groups (broad SMARTS) is 1. The van der Waals surface area contributed by atoms with E-state index in [1.165, 1.54) is 39.1 Å². The lowest BCUT2D eigenvalue weighted by atomic mass is 9.93. The Hall–Kier alpha value is -5.26. The summed E-state index contributed by atoms with van der Waals surface area (Å²) < 4.78 is 26.0. The molecule has 1 aliphatic carbocycles. The Bertz CT molecular complexity index is 1610. The lowest BCUT2D eigenvalue weighted by molar-refractivity contribution is -0.157. The highest BCUT2D eigenvalue weighted by molar-refractivity contribution is 5.96. The van der Waals surface area contributed by atoms with E-state index in [9.17, 15) is 38.3 Å². The van der Waals surface area contributed by atoms with Gasteiger partial charge < -0.3 is 39.9 Å². The Morgan fingerprint density at radius 1 is 1.02 bits per heavy atom. The van der Waals surface area contributed by atoms with Gasteiger partial charge in [-0.25, -0.2) is 13.9 Å². The fourth-order valence-electron chi connectivity index (χ4n) is 6.00. The van der Waals surface area contributed by atoms with Crippen LogP contribution in [0.3, 0.4) is 0 Å². The summed E-state index contributed by atoms with van der Waals surface area (Å²) in [5, 5.41) is 20.5. The van der Waals surface area contributed by atoms with Crippen LogP contribution in [0, 0.1) is 5.82 Å². The number of hydrogen-bond donors (Lipinski definition) is 3. The largest absolute Gasteiger partial charge is 0.527 e. The Kier molecular flexibility index (Phi) is 12.4.